The van der Waals surface area contributed by atoms with Crippen molar-refractivity contribution in [1.82, 2.24) is 5.32 Å². The van der Waals surface area contributed by atoms with Crippen LogP contribution in [0.5, 0.6) is 0 Å². The normalized spacial score (nSPS) is 19.8. The first kappa shape index (κ1) is 13.0. The van der Waals surface area contributed by atoms with E-state index in [0.29, 0.717) is 12.8 Å². The lowest BCUT2D eigenvalue weighted by Gasteiger charge is -2.28. The maximum absolute atomic E-state index is 11.3. The topological polar surface area (TPSA) is 92.4 Å². The molecule has 1 fully saturated rings. The fraction of sp³-hybridized carbons (Fsp3) is 0.818. The van der Waals surface area contributed by atoms with Gasteiger partial charge in [0.15, 0.2) is 0 Å². The number of carboxylic acid groups (broad SMARTS) is 1. The number of aliphatic carboxylic acids is 1. The van der Waals surface area contributed by atoms with Crippen molar-refractivity contribution >= 4 is 11.9 Å². The van der Waals surface area contributed by atoms with E-state index in [-0.39, 0.29) is 19.0 Å². The number of nitrogens with two attached hydrogens (primary N) is 1. The predicted octanol–water partition coefficient (Wildman–Crippen LogP) is 0.486. The number of nitrogens with one attached hydrogen (secondary N) is 1. The van der Waals surface area contributed by atoms with Gasteiger partial charge in [-0.25, -0.2) is 0 Å². The highest BCUT2D eigenvalue weighted by Gasteiger charge is 2.38. The molecule has 16 heavy (non-hydrogen) atoms. The van der Waals surface area contributed by atoms with Gasteiger partial charge in [0.05, 0.1) is 12.0 Å². The van der Waals surface area contributed by atoms with Crippen molar-refractivity contribution in [2.24, 2.45) is 11.1 Å². The summed E-state index contributed by atoms with van der Waals surface area (Å²) in [6, 6.07) is 0. The molecular formula is C11H20N2O3. The van der Waals surface area contributed by atoms with Crippen molar-refractivity contribution in [3.8, 4) is 0 Å². The van der Waals surface area contributed by atoms with Crippen molar-refractivity contribution in [3.63, 3.8) is 0 Å². The third-order valence-electron chi connectivity index (χ3n) is 3.32. The molecule has 0 aliphatic heterocycles. The van der Waals surface area contributed by atoms with Crippen LogP contribution in [0.1, 0.15) is 38.5 Å². The van der Waals surface area contributed by atoms with Gasteiger partial charge < -0.3 is 16.2 Å². The zero-order valence-electron chi connectivity index (χ0n) is 9.50. The first-order valence-corrected chi connectivity index (χ1v) is 5.81. The molecule has 1 saturated carbocycles. The molecule has 0 aromatic heterocycles. The maximum atomic E-state index is 11.3. The summed E-state index contributed by atoms with van der Waals surface area (Å²) in [6.07, 6.45) is 5.30. The molecule has 0 aromatic carbocycles. The summed E-state index contributed by atoms with van der Waals surface area (Å²) >= 11 is 0. The zero-order valence-corrected chi connectivity index (χ0v) is 9.50. The second-order valence-electron chi connectivity index (χ2n) is 4.48. The summed E-state index contributed by atoms with van der Waals surface area (Å²) in [6.45, 7) is 0.119. The molecule has 0 radical (unpaired) electrons. The fourth-order valence-electron chi connectivity index (χ4n) is 2.21. The van der Waals surface area contributed by atoms with Crippen molar-refractivity contribution in [3.05, 3.63) is 0 Å². The highest BCUT2D eigenvalue weighted by molar-refractivity contribution is 5.80. The van der Waals surface area contributed by atoms with Crippen LogP contribution in [0.25, 0.3) is 0 Å². The maximum Gasteiger partial charge on any atom is 0.311 e. The van der Waals surface area contributed by atoms with E-state index in [0.717, 1.165) is 25.7 Å². The number of carbonyl (C=O) groups is 2. The Hall–Kier alpha value is -1.10. The molecule has 0 atom stereocenters. The number of amides is 1. The van der Waals surface area contributed by atoms with Gasteiger partial charge in [0.25, 0.3) is 0 Å². The first-order chi connectivity index (χ1) is 7.60. The Morgan fingerprint density at radius 2 is 1.75 bits per heavy atom. The summed E-state index contributed by atoms with van der Waals surface area (Å²) in [5.74, 6) is -1.09. The van der Waals surface area contributed by atoms with Crippen LogP contribution in [0, 0.1) is 5.41 Å². The molecule has 0 saturated heterocycles. The van der Waals surface area contributed by atoms with Gasteiger partial charge in [-0.3, -0.25) is 9.59 Å². The smallest absolute Gasteiger partial charge is 0.311 e. The van der Waals surface area contributed by atoms with Crippen LogP contribution in [0.4, 0.5) is 0 Å². The van der Waals surface area contributed by atoms with Gasteiger partial charge in [-0.2, -0.15) is 0 Å². The van der Waals surface area contributed by atoms with E-state index in [1.807, 2.05) is 0 Å². The van der Waals surface area contributed by atoms with E-state index < -0.39 is 11.4 Å². The lowest BCUT2D eigenvalue weighted by molar-refractivity contribution is -0.149. The minimum Gasteiger partial charge on any atom is -0.481 e. The van der Waals surface area contributed by atoms with Crippen LogP contribution < -0.4 is 11.1 Å². The van der Waals surface area contributed by atoms with Gasteiger partial charge >= 0.3 is 5.97 Å². The molecule has 1 amide bonds. The SMILES string of the molecule is NCC(=O)NCC1(C(=O)O)CCCCCC1. The van der Waals surface area contributed by atoms with E-state index >= 15 is 0 Å². The second kappa shape index (κ2) is 5.84. The molecule has 92 valence electrons. The summed E-state index contributed by atoms with van der Waals surface area (Å²) < 4.78 is 0. The minimum absolute atomic E-state index is 0.0876. The lowest BCUT2D eigenvalue weighted by atomic mass is 9.80. The van der Waals surface area contributed by atoms with Crippen molar-refractivity contribution < 1.29 is 14.7 Å². The zero-order chi connectivity index (χ0) is 12.0. The Balaban J connectivity index is 2.63. The average Bonchev–Trinajstić information content (AvgIpc) is 2.52. The minimum atomic E-state index is -0.799. The summed E-state index contributed by atoms with van der Waals surface area (Å²) in [4.78, 5) is 22.4. The molecule has 4 N–H and O–H groups in total. The monoisotopic (exact) mass is 228 g/mol. The van der Waals surface area contributed by atoms with Gasteiger partial charge in [0.1, 0.15) is 0 Å². The molecule has 1 rings (SSSR count). The van der Waals surface area contributed by atoms with E-state index in [4.69, 9.17) is 5.73 Å². The molecule has 5 nitrogen and oxygen atoms in total. The summed E-state index contributed by atoms with van der Waals surface area (Å²) in [5.41, 5.74) is 4.40. The number of rotatable bonds is 4. The highest BCUT2D eigenvalue weighted by atomic mass is 16.4. The predicted molar refractivity (Wildman–Crippen MR) is 59.8 cm³/mol. The third-order valence-corrected chi connectivity index (χ3v) is 3.32. The number of hydrogen-bond donors (Lipinski definition) is 3. The highest BCUT2D eigenvalue weighted by Crippen LogP contribution is 2.34. The molecule has 0 unspecified atom stereocenters. The Morgan fingerprint density at radius 1 is 1.19 bits per heavy atom. The quantitative estimate of drug-likeness (QED) is 0.610. The lowest BCUT2D eigenvalue weighted by Crippen LogP contribution is -2.44. The first-order valence-electron chi connectivity index (χ1n) is 5.81. The van der Waals surface area contributed by atoms with Gasteiger partial charge in [0.2, 0.25) is 5.91 Å². The van der Waals surface area contributed by atoms with Crippen LogP contribution in [0.2, 0.25) is 0 Å². The number of carbonyl (C=O) groups excluding carboxylic acids is 1. The van der Waals surface area contributed by atoms with Gasteiger partial charge in [-0.05, 0) is 12.8 Å². The van der Waals surface area contributed by atoms with Crippen LogP contribution in [0.15, 0.2) is 0 Å². The number of hydrogen-bond acceptors (Lipinski definition) is 3. The van der Waals surface area contributed by atoms with Crippen molar-refractivity contribution in [2.75, 3.05) is 13.1 Å². The Morgan fingerprint density at radius 3 is 2.19 bits per heavy atom. The van der Waals surface area contributed by atoms with Crippen molar-refractivity contribution in [1.29, 1.82) is 0 Å². The second-order valence-corrected chi connectivity index (χ2v) is 4.48. The van der Waals surface area contributed by atoms with Gasteiger partial charge in [-0.15, -0.1) is 0 Å². The van der Waals surface area contributed by atoms with Crippen LogP contribution in [-0.4, -0.2) is 30.1 Å². The van der Waals surface area contributed by atoms with E-state index in [1.165, 1.54) is 0 Å². The molecular weight excluding hydrogens is 208 g/mol. The largest absolute Gasteiger partial charge is 0.481 e. The standard InChI is InChI=1S/C11H20N2O3/c12-7-9(14)13-8-11(10(15)16)5-3-1-2-4-6-11/h1-8,12H2,(H,13,14)(H,15,16). The average molecular weight is 228 g/mol. The summed E-state index contributed by atoms with van der Waals surface area (Å²) in [7, 11) is 0. The van der Waals surface area contributed by atoms with E-state index in [2.05, 4.69) is 5.32 Å². The molecule has 1 aliphatic carbocycles. The molecule has 0 heterocycles. The molecule has 5 heteroatoms. The van der Waals surface area contributed by atoms with Crippen LogP contribution >= 0.6 is 0 Å². The number of carboxylic acids is 1. The van der Waals surface area contributed by atoms with Crippen molar-refractivity contribution in [2.45, 2.75) is 38.5 Å². The third kappa shape index (κ3) is 3.20. The van der Waals surface area contributed by atoms with E-state index in [1.54, 1.807) is 0 Å². The Labute approximate surface area is 95.4 Å². The summed E-state index contributed by atoms with van der Waals surface area (Å²) in [5, 5.41) is 11.9. The molecule has 0 bridgehead atoms. The molecule has 0 spiro atoms. The van der Waals surface area contributed by atoms with Crippen LogP contribution in [-0.2, 0) is 9.59 Å². The molecule has 1 aliphatic rings. The molecule has 0 aromatic rings. The van der Waals surface area contributed by atoms with Crippen LogP contribution in [0.3, 0.4) is 0 Å². The Bertz CT molecular complexity index is 258. The van der Waals surface area contributed by atoms with E-state index in [9.17, 15) is 14.7 Å². The van der Waals surface area contributed by atoms with Gasteiger partial charge in [-0.1, -0.05) is 25.7 Å². The van der Waals surface area contributed by atoms with Gasteiger partial charge in [0, 0.05) is 6.54 Å². The fourth-order valence-corrected chi connectivity index (χ4v) is 2.21. The Kier molecular flexibility index (Phi) is 4.73.